The van der Waals surface area contributed by atoms with Crippen molar-refractivity contribution in [3.05, 3.63) is 34.9 Å². The van der Waals surface area contributed by atoms with Crippen LogP contribution in [0.15, 0.2) is 18.2 Å². The zero-order valence-electron chi connectivity index (χ0n) is 12.7. The number of rotatable bonds is 5. The molecule has 3 unspecified atom stereocenters. The Hall–Kier alpha value is -0.860. The molecular formula is C17H27NO. The van der Waals surface area contributed by atoms with Crippen LogP contribution in [-0.2, 0) is 4.74 Å². The highest BCUT2D eigenvalue weighted by Gasteiger charge is 2.34. The molecule has 0 saturated carbocycles. The summed E-state index contributed by atoms with van der Waals surface area (Å²) in [5, 5.41) is 3.68. The number of ether oxygens (including phenoxy) is 1. The number of benzene rings is 1. The molecule has 0 radical (unpaired) electrons. The van der Waals surface area contributed by atoms with Gasteiger partial charge in [-0.3, -0.25) is 0 Å². The van der Waals surface area contributed by atoms with Crippen molar-refractivity contribution in [1.29, 1.82) is 0 Å². The highest BCUT2D eigenvalue weighted by Crippen LogP contribution is 2.35. The Morgan fingerprint density at radius 2 is 1.89 bits per heavy atom. The average Bonchev–Trinajstić information content (AvgIpc) is 2.82. The smallest absolute Gasteiger partial charge is 0.0619 e. The second kappa shape index (κ2) is 6.53. The van der Waals surface area contributed by atoms with Crippen LogP contribution in [0.1, 0.15) is 49.4 Å². The topological polar surface area (TPSA) is 21.3 Å². The van der Waals surface area contributed by atoms with Crippen molar-refractivity contribution in [2.75, 3.05) is 13.2 Å². The fraction of sp³-hybridized carbons (Fsp3) is 0.647. The predicted molar refractivity (Wildman–Crippen MR) is 80.5 cm³/mol. The van der Waals surface area contributed by atoms with E-state index in [4.69, 9.17) is 4.74 Å². The maximum atomic E-state index is 5.88. The van der Waals surface area contributed by atoms with Crippen molar-refractivity contribution in [2.24, 2.45) is 5.92 Å². The molecule has 3 atom stereocenters. The number of hydrogen-bond acceptors (Lipinski definition) is 2. The van der Waals surface area contributed by atoms with E-state index >= 15 is 0 Å². The normalized spacial score (nSPS) is 24.6. The molecule has 106 valence electrons. The first kappa shape index (κ1) is 14.5. The third-order valence-electron chi connectivity index (χ3n) is 4.12. The highest BCUT2D eigenvalue weighted by atomic mass is 16.5. The van der Waals surface area contributed by atoms with Crippen molar-refractivity contribution in [1.82, 2.24) is 5.32 Å². The Kier molecular flexibility index (Phi) is 5.00. The van der Waals surface area contributed by atoms with Crippen molar-refractivity contribution in [3.8, 4) is 0 Å². The van der Waals surface area contributed by atoms with Gasteiger partial charge < -0.3 is 10.1 Å². The van der Waals surface area contributed by atoms with Crippen LogP contribution in [0.25, 0.3) is 0 Å². The van der Waals surface area contributed by atoms with Crippen LogP contribution in [0.5, 0.6) is 0 Å². The predicted octanol–water partition coefficient (Wildman–Crippen LogP) is 3.77. The summed E-state index contributed by atoms with van der Waals surface area (Å²) in [5.74, 6) is 0.603. The van der Waals surface area contributed by atoms with Crippen LogP contribution in [0.3, 0.4) is 0 Å². The van der Waals surface area contributed by atoms with Crippen molar-refractivity contribution < 1.29 is 4.74 Å². The lowest BCUT2D eigenvalue weighted by atomic mass is 9.85. The van der Waals surface area contributed by atoms with E-state index in [1.165, 1.54) is 23.1 Å². The molecule has 2 heteroatoms. The van der Waals surface area contributed by atoms with E-state index in [-0.39, 0.29) is 0 Å². The minimum atomic E-state index is 0.407. The van der Waals surface area contributed by atoms with Crippen LogP contribution < -0.4 is 5.32 Å². The third kappa shape index (κ3) is 3.37. The first-order valence-corrected chi connectivity index (χ1v) is 7.58. The Balaban J connectivity index is 2.28. The molecular weight excluding hydrogens is 234 g/mol. The van der Waals surface area contributed by atoms with E-state index in [0.717, 1.165) is 19.6 Å². The first-order chi connectivity index (χ1) is 9.15. The minimum Gasteiger partial charge on any atom is -0.378 e. The third-order valence-corrected chi connectivity index (χ3v) is 4.12. The van der Waals surface area contributed by atoms with E-state index in [1.54, 1.807) is 0 Å². The van der Waals surface area contributed by atoms with Gasteiger partial charge in [0.1, 0.15) is 0 Å². The molecule has 1 heterocycles. The summed E-state index contributed by atoms with van der Waals surface area (Å²) in [5.41, 5.74) is 4.13. The summed E-state index contributed by atoms with van der Waals surface area (Å²) in [6.07, 6.45) is 2.69. The molecule has 1 aromatic carbocycles. The maximum Gasteiger partial charge on any atom is 0.0619 e. The van der Waals surface area contributed by atoms with E-state index in [1.807, 2.05) is 0 Å². The fourth-order valence-electron chi connectivity index (χ4n) is 3.39. The van der Waals surface area contributed by atoms with Crippen molar-refractivity contribution in [3.63, 3.8) is 0 Å². The van der Waals surface area contributed by atoms with Crippen molar-refractivity contribution >= 4 is 0 Å². The Morgan fingerprint density at radius 3 is 2.47 bits per heavy atom. The van der Waals surface area contributed by atoms with Gasteiger partial charge in [-0.2, -0.15) is 0 Å². The molecule has 0 aliphatic carbocycles. The summed E-state index contributed by atoms with van der Waals surface area (Å²) in [6.45, 7) is 10.7. The summed E-state index contributed by atoms with van der Waals surface area (Å²) >= 11 is 0. The Morgan fingerprint density at radius 1 is 1.21 bits per heavy atom. The van der Waals surface area contributed by atoms with E-state index < -0.39 is 0 Å². The molecule has 0 bridgehead atoms. The van der Waals surface area contributed by atoms with E-state index in [2.05, 4.69) is 51.2 Å². The molecule has 2 rings (SSSR count). The summed E-state index contributed by atoms with van der Waals surface area (Å²) in [4.78, 5) is 0. The first-order valence-electron chi connectivity index (χ1n) is 7.58. The molecule has 2 nitrogen and oxygen atoms in total. The lowest BCUT2D eigenvalue weighted by Crippen LogP contribution is -2.32. The molecule has 0 amide bonds. The van der Waals surface area contributed by atoms with Gasteiger partial charge in [-0.1, -0.05) is 43.2 Å². The van der Waals surface area contributed by atoms with Crippen molar-refractivity contribution in [2.45, 2.75) is 52.7 Å². The molecule has 0 spiro atoms. The van der Waals surface area contributed by atoms with Gasteiger partial charge in [-0.15, -0.1) is 0 Å². The van der Waals surface area contributed by atoms with Gasteiger partial charge in [0.15, 0.2) is 0 Å². The largest absolute Gasteiger partial charge is 0.378 e. The monoisotopic (exact) mass is 261 g/mol. The van der Waals surface area contributed by atoms with E-state index in [9.17, 15) is 0 Å². The van der Waals surface area contributed by atoms with Crippen LogP contribution >= 0.6 is 0 Å². The molecule has 1 aliphatic heterocycles. The molecule has 1 N–H and O–H groups in total. The average molecular weight is 261 g/mol. The number of aryl methyl sites for hydroxylation is 2. The second-order valence-corrected chi connectivity index (χ2v) is 5.73. The van der Waals surface area contributed by atoms with Crippen LogP contribution in [0, 0.1) is 19.8 Å². The molecule has 0 aromatic heterocycles. The van der Waals surface area contributed by atoms with Gasteiger partial charge in [0, 0.05) is 18.6 Å². The SMILES string of the molecule is CCNC(c1cc(C)cc(C)c1)C1CCOC1CC. The molecule has 1 aromatic rings. The van der Waals surface area contributed by atoms with Gasteiger partial charge in [-0.25, -0.2) is 0 Å². The molecule has 1 saturated heterocycles. The van der Waals surface area contributed by atoms with Crippen LogP contribution in [0.4, 0.5) is 0 Å². The van der Waals surface area contributed by atoms with Gasteiger partial charge in [0.05, 0.1) is 6.10 Å². The molecule has 19 heavy (non-hydrogen) atoms. The zero-order valence-corrected chi connectivity index (χ0v) is 12.7. The standard InChI is InChI=1S/C17H27NO/c1-5-16-15(7-8-19-16)17(18-6-2)14-10-12(3)9-13(4)11-14/h9-11,15-18H,5-8H2,1-4H3. The summed E-state index contributed by atoms with van der Waals surface area (Å²) < 4.78 is 5.88. The number of hydrogen-bond donors (Lipinski definition) is 1. The highest BCUT2D eigenvalue weighted by molar-refractivity contribution is 5.31. The lowest BCUT2D eigenvalue weighted by molar-refractivity contribution is 0.0776. The lowest BCUT2D eigenvalue weighted by Gasteiger charge is -2.29. The van der Waals surface area contributed by atoms with E-state index in [0.29, 0.717) is 18.1 Å². The Bertz CT molecular complexity index is 395. The minimum absolute atomic E-state index is 0.407. The van der Waals surface area contributed by atoms with Gasteiger partial charge in [0.2, 0.25) is 0 Å². The fourth-order valence-corrected chi connectivity index (χ4v) is 3.39. The van der Waals surface area contributed by atoms with Crippen LogP contribution in [-0.4, -0.2) is 19.3 Å². The molecule has 1 aliphatic rings. The zero-order chi connectivity index (χ0) is 13.8. The quantitative estimate of drug-likeness (QED) is 0.871. The Labute approximate surface area is 117 Å². The second-order valence-electron chi connectivity index (χ2n) is 5.73. The maximum absolute atomic E-state index is 5.88. The van der Waals surface area contributed by atoms with Gasteiger partial charge in [-0.05, 0) is 38.8 Å². The number of nitrogens with one attached hydrogen (secondary N) is 1. The summed E-state index contributed by atoms with van der Waals surface area (Å²) in [6, 6.07) is 7.32. The molecule has 1 fully saturated rings. The van der Waals surface area contributed by atoms with Crippen LogP contribution in [0.2, 0.25) is 0 Å². The van der Waals surface area contributed by atoms with Gasteiger partial charge >= 0.3 is 0 Å². The van der Waals surface area contributed by atoms with Gasteiger partial charge in [0.25, 0.3) is 0 Å². The summed E-state index contributed by atoms with van der Waals surface area (Å²) in [7, 11) is 0.